The van der Waals surface area contributed by atoms with Gasteiger partial charge in [-0.1, -0.05) is 11.8 Å². The minimum absolute atomic E-state index is 0.171. The smallest absolute Gasteiger partial charge is 0.240 e. The summed E-state index contributed by atoms with van der Waals surface area (Å²) in [7, 11) is 3.93. The molecule has 1 aliphatic rings. The highest BCUT2D eigenvalue weighted by Crippen LogP contribution is 2.11. The highest BCUT2D eigenvalue weighted by atomic mass is 16.2. The zero-order valence-corrected chi connectivity index (χ0v) is 13.3. The number of imide groups is 1. The standard InChI is InChI=1S/C17H19N3O3/c1-19(2)14-7-5-13(6-8-14)4-3-11-18-15(21)12-20-16(22)9-10-17(20)23/h5-8H,9-12H2,1-2H3,(H,18,21). The Morgan fingerprint density at radius 3 is 2.35 bits per heavy atom. The summed E-state index contributed by atoms with van der Waals surface area (Å²) >= 11 is 0. The summed E-state index contributed by atoms with van der Waals surface area (Å²) in [6.45, 7) is -0.0542. The minimum Gasteiger partial charge on any atom is -0.378 e. The van der Waals surface area contributed by atoms with E-state index >= 15 is 0 Å². The molecule has 1 aromatic rings. The van der Waals surface area contributed by atoms with Crippen molar-refractivity contribution in [1.29, 1.82) is 0 Å². The summed E-state index contributed by atoms with van der Waals surface area (Å²) < 4.78 is 0. The summed E-state index contributed by atoms with van der Waals surface area (Å²) in [5, 5.41) is 2.58. The van der Waals surface area contributed by atoms with E-state index in [9.17, 15) is 14.4 Å². The monoisotopic (exact) mass is 313 g/mol. The maximum Gasteiger partial charge on any atom is 0.240 e. The van der Waals surface area contributed by atoms with Crippen molar-refractivity contribution >= 4 is 23.4 Å². The maximum absolute atomic E-state index is 11.7. The molecule has 3 amide bonds. The first-order valence-electron chi connectivity index (χ1n) is 7.33. The maximum atomic E-state index is 11.7. The largest absolute Gasteiger partial charge is 0.378 e. The fraction of sp³-hybridized carbons (Fsp3) is 0.353. The molecule has 1 saturated heterocycles. The van der Waals surface area contributed by atoms with Crippen LogP contribution in [0, 0.1) is 11.8 Å². The molecular formula is C17H19N3O3. The quantitative estimate of drug-likeness (QED) is 0.644. The topological polar surface area (TPSA) is 69.7 Å². The Balaban J connectivity index is 1.79. The molecule has 23 heavy (non-hydrogen) atoms. The Hall–Kier alpha value is -2.81. The van der Waals surface area contributed by atoms with E-state index in [-0.39, 0.29) is 43.7 Å². The lowest BCUT2D eigenvalue weighted by molar-refractivity contribution is -0.142. The molecule has 1 heterocycles. The van der Waals surface area contributed by atoms with E-state index in [4.69, 9.17) is 0 Å². The fourth-order valence-corrected chi connectivity index (χ4v) is 2.13. The summed E-state index contributed by atoms with van der Waals surface area (Å²) in [6.07, 6.45) is 0.379. The van der Waals surface area contributed by atoms with Crippen LogP contribution in [-0.4, -0.2) is 49.8 Å². The average molecular weight is 313 g/mol. The predicted octanol–water partition coefficient (Wildman–Crippen LogP) is 0.369. The number of likely N-dealkylation sites (tertiary alicyclic amines) is 1. The Bertz CT molecular complexity index is 653. The second kappa shape index (κ2) is 7.45. The van der Waals surface area contributed by atoms with E-state index in [1.165, 1.54) is 0 Å². The number of carbonyl (C=O) groups excluding carboxylic acids is 3. The molecule has 1 N–H and O–H groups in total. The molecule has 1 aliphatic heterocycles. The number of anilines is 1. The van der Waals surface area contributed by atoms with Crippen molar-refractivity contribution < 1.29 is 14.4 Å². The number of nitrogens with one attached hydrogen (secondary N) is 1. The molecule has 2 rings (SSSR count). The Kier molecular flexibility index (Phi) is 5.36. The molecule has 1 fully saturated rings. The van der Waals surface area contributed by atoms with Crippen LogP contribution in [0.5, 0.6) is 0 Å². The van der Waals surface area contributed by atoms with E-state index in [1.807, 2.05) is 43.3 Å². The van der Waals surface area contributed by atoms with Crippen LogP contribution >= 0.6 is 0 Å². The zero-order chi connectivity index (χ0) is 16.8. The summed E-state index contributed by atoms with van der Waals surface area (Å²) in [5.41, 5.74) is 1.94. The number of hydrogen-bond acceptors (Lipinski definition) is 4. The van der Waals surface area contributed by atoms with Crippen LogP contribution < -0.4 is 10.2 Å². The SMILES string of the molecule is CN(C)c1ccc(C#CCNC(=O)CN2C(=O)CCC2=O)cc1. The van der Waals surface area contributed by atoms with Gasteiger partial charge in [0, 0.05) is 38.2 Å². The molecule has 6 nitrogen and oxygen atoms in total. The molecule has 0 bridgehead atoms. The molecule has 120 valence electrons. The molecule has 6 heteroatoms. The van der Waals surface area contributed by atoms with Crippen molar-refractivity contribution in [3.8, 4) is 11.8 Å². The first-order valence-corrected chi connectivity index (χ1v) is 7.33. The Morgan fingerprint density at radius 1 is 1.17 bits per heavy atom. The van der Waals surface area contributed by atoms with E-state index < -0.39 is 0 Å². The molecule has 0 saturated carbocycles. The number of benzene rings is 1. The van der Waals surface area contributed by atoms with E-state index in [0.717, 1.165) is 16.2 Å². The normalized spacial score (nSPS) is 13.6. The van der Waals surface area contributed by atoms with Crippen LogP contribution in [0.3, 0.4) is 0 Å². The van der Waals surface area contributed by atoms with Gasteiger partial charge < -0.3 is 10.2 Å². The first-order chi connectivity index (χ1) is 11.0. The lowest BCUT2D eigenvalue weighted by Crippen LogP contribution is -2.40. The van der Waals surface area contributed by atoms with Crippen molar-refractivity contribution in [1.82, 2.24) is 10.2 Å². The van der Waals surface area contributed by atoms with Crippen LogP contribution in [0.25, 0.3) is 0 Å². The van der Waals surface area contributed by atoms with Gasteiger partial charge in [0.05, 0.1) is 6.54 Å². The van der Waals surface area contributed by atoms with Gasteiger partial charge in [-0.05, 0) is 24.3 Å². The molecule has 0 spiro atoms. The van der Waals surface area contributed by atoms with Gasteiger partial charge in [0.15, 0.2) is 0 Å². The third-order valence-electron chi connectivity index (χ3n) is 3.45. The Morgan fingerprint density at radius 2 is 1.78 bits per heavy atom. The molecule has 0 aromatic heterocycles. The molecule has 0 unspecified atom stereocenters. The van der Waals surface area contributed by atoms with Gasteiger partial charge in [-0.3, -0.25) is 19.3 Å². The summed E-state index contributed by atoms with van der Waals surface area (Å²) in [5.74, 6) is 4.82. The van der Waals surface area contributed by atoms with Crippen LogP contribution in [0.4, 0.5) is 5.69 Å². The van der Waals surface area contributed by atoms with Crippen molar-refractivity contribution in [2.75, 3.05) is 32.1 Å². The van der Waals surface area contributed by atoms with Crippen molar-refractivity contribution in [3.05, 3.63) is 29.8 Å². The number of rotatable bonds is 4. The van der Waals surface area contributed by atoms with Gasteiger partial charge in [0.2, 0.25) is 17.7 Å². The molecular weight excluding hydrogens is 294 g/mol. The third kappa shape index (κ3) is 4.58. The molecule has 0 atom stereocenters. The van der Waals surface area contributed by atoms with E-state index in [0.29, 0.717) is 0 Å². The van der Waals surface area contributed by atoms with Gasteiger partial charge in [-0.25, -0.2) is 0 Å². The minimum atomic E-state index is -0.383. The van der Waals surface area contributed by atoms with Crippen molar-refractivity contribution in [2.24, 2.45) is 0 Å². The van der Waals surface area contributed by atoms with Crippen LogP contribution in [0.2, 0.25) is 0 Å². The van der Waals surface area contributed by atoms with Gasteiger partial charge in [-0.2, -0.15) is 0 Å². The van der Waals surface area contributed by atoms with Gasteiger partial charge in [-0.15, -0.1) is 0 Å². The summed E-state index contributed by atoms with van der Waals surface area (Å²) in [4.78, 5) is 37.5. The lowest BCUT2D eigenvalue weighted by Gasteiger charge is -2.12. The average Bonchev–Trinajstić information content (AvgIpc) is 2.84. The molecule has 1 aromatic carbocycles. The number of amides is 3. The first kappa shape index (κ1) is 16.6. The van der Waals surface area contributed by atoms with Crippen LogP contribution in [0.15, 0.2) is 24.3 Å². The highest BCUT2D eigenvalue weighted by molar-refractivity contribution is 6.04. The van der Waals surface area contributed by atoms with Crippen molar-refractivity contribution in [3.63, 3.8) is 0 Å². The highest BCUT2D eigenvalue weighted by Gasteiger charge is 2.30. The van der Waals surface area contributed by atoms with Gasteiger partial charge in [0.1, 0.15) is 6.54 Å². The zero-order valence-electron chi connectivity index (χ0n) is 13.3. The number of carbonyl (C=O) groups is 3. The second-order valence-corrected chi connectivity index (χ2v) is 5.39. The van der Waals surface area contributed by atoms with E-state index in [2.05, 4.69) is 17.2 Å². The molecule has 0 radical (unpaired) electrons. The van der Waals surface area contributed by atoms with Crippen LogP contribution in [-0.2, 0) is 14.4 Å². The lowest BCUT2D eigenvalue weighted by atomic mass is 10.2. The van der Waals surface area contributed by atoms with Crippen LogP contribution in [0.1, 0.15) is 18.4 Å². The summed E-state index contributed by atoms with van der Waals surface area (Å²) in [6, 6.07) is 7.75. The fourth-order valence-electron chi connectivity index (χ4n) is 2.13. The van der Waals surface area contributed by atoms with Gasteiger partial charge in [0.25, 0.3) is 0 Å². The number of hydrogen-bond donors (Lipinski definition) is 1. The van der Waals surface area contributed by atoms with Gasteiger partial charge >= 0.3 is 0 Å². The predicted molar refractivity (Wildman–Crippen MR) is 86.6 cm³/mol. The van der Waals surface area contributed by atoms with Crippen molar-refractivity contribution in [2.45, 2.75) is 12.8 Å². The third-order valence-corrected chi connectivity index (χ3v) is 3.45. The molecule has 0 aliphatic carbocycles. The Labute approximate surface area is 135 Å². The van der Waals surface area contributed by atoms with E-state index in [1.54, 1.807) is 0 Å². The second-order valence-electron chi connectivity index (χ2n) is 5.39. The number of nitrogens with zero attached hydrogens (tertiary/aromatic N) is 2.